The van der Waals surface area contributed by atoms with Crippen LogP contribution >= 0.6 is 11.3 Å². The lowest BCUT2D eigenvalue weighted by Crippen LogP contribution is -2.50. The van der Waals surface area contributed by atoms with Crippen molar-refractivity contribution < 1.29 is 19.4 Å². The number of aryl methyl sites for hydroxylation is 1. The summed E-state index contributed by atoms with van der Waals surface area (Å²) in [6, 6.07) is 3.62. The summed E-state index contributed by atoms with van der Waals surface area (Å²) in [5.74, 6) is -1.15. The van der Waals surface area contributed by atoms with Gasteiger partial charge in [0.15, 0.2) is 0 Å². The Balaban J connectivity index is 2.09. The van der Waals surface area contributed by atoms with Crippen molar-refractivity contribution in [3.8, 4) is 0 Å². The summed E-state index contributed by atoms with van der Waals surface area (Å²) >= 11 is 1.40. The molecule has 2 rings (SSSR count). The van der Waals surface area contributed by atoms with E-state index in [4.69, 9.17) is 9.84 Å². The molecular weight excluding hydrogens is 254 g/mol. The fourth-order valence-electron chi connectivity index (χ4n) is 2.04. The molecule has 0 aromatic carbocycles. The summed E-state index contributed by atoms with van der Waals surface area (Å²) in [6.07, 6.45) is 0.429. The Morgan fingerprint density at radius 3 is 2.83 bits per heavy atom. The van der Waals surface area contributed by atoms with Crippen molar-refractivity contribution in [2.45, 2.75) is 25.3 Å². The van der Waals surface area contributed by atoms with Gasteiger partial charge in [0.25, 0.3) is 5.91 Å². The monoisotopic (exact) mass is 269 g/mol. The Hall–Kier alpha value is -1.40. The van der Waals surface area contributed by atoms with Gasteiger partial charge in [0.1, 0.15) is 0 Å². The van der Waals surface area contributed by atoms with Crippen molar-refractivity contribution in [1.29, 1.82) is 0 Å². The summed E-state index contributed by atoms with van der Waals surface area (Å²) in [4.78, 5) is 24.6. The maximum absolute atomic E-state index is 12.1. The molecule has 1 unspecified atom stereocenters. The average Bonchev–Trinajstić information content (AvgIpc) is 2.87. The van der Waals surface area contributed by atoms with Crippen LogP contribution in [0.3, 0.4) is 0 Å². The number of hydrogen-bond acceptors (Lipinski definition) is 4. The van der Waals surface area contributed by atoms with Gasteiger partial charge in [-0.2, -0.15) is 0 Å². The van der Waals surface area contributed by atoms with Gasteiger partial charge in [-0.25, -0.2) is 0 Å². The molecule has 98 valence electrons. The molecule has 1 aliphatic rings. The number of carboxylic acid groups (broad SMARTS) is 1. The molecule has 6 heteroatoms. The summed E-state index contributed by atoms with van der Waals surface area (Å²) in [6.45, 7) is 2.67. The average molecular weight is 269 g/mol. The third-order valence-corrected chi connectivity index (χ3v) is 3.94. The number of ether oxygens (including phenoxy) is 1. The van der Waals surface area contributed by atoms with Crippen LogP contribution in [0.25, 0.3) is 0 Å². The molecule has 0 radical (unpaired) electrons. The topological polar surface area (TPSA) is 75.6 Å². The van der Waals surface area contributed by atoms with E-state index < -0.39 is 11.5 Å². The lowest BCUT2D eigenvalue weighted by Gasteiger charge is -2.26. The summed E-state index contributed by atoms with van der Waals surface area (Å²) < 4.78 is 5.23. The summed E-state index contributed by atoms with van der Waals surface area (Å²) in [5.41, 5.74) is -0.763. The molecule has 1 fully saturated rings. The van der Waals surface area contributed by atoms with Gasteiger partial charge in [0.2, 0.25) is 0 Å². The number of amides is 1. The number of thiophene rings is 1. The smallest absolute Gasteiger partial charge is 0.305 e. The number of rotatable bonds is 4. The number of carbonyl (C=O) groups excluding carboxylic acids is 1. The van der Waals surface area contributed by atoms with Gasteiger partial charge >= 0.3 is 5.97 Å². The third kappa shape index (κ3) is 2.88. The molecule has 18 heavy (non-hydrogen) atoms. The normalized spacial score (nSPS) is 22.9. The lowest BCUT2D eigenvalue weighted by atomic mass is 9.94. The number of carboxylic acids is 1. The predicted octanol–water partition coefficient (Wildman–Crippen LogP) is 1.42. The van der Waals surface area contributed by atoms with Crippen molar-refractivity contribution in [1.82, 2.24) is 5.32 Å². The first kappa shape index (κ1) is 13.0. The van der Waals surface area contributed by atoms with Crippen molar-refractivity contribution in [2.24, 2.45) is 0 Å². The Kier molecular flexibility index (Phi) is 3.68. The zero-order chi connectivity index (χ0) is 13.2. The van der Waals surface area contributed by atoms with Gasteiger partial charge in [-0.1, -0.05) is 0 Å². The highest BCUT2D eigenvalue weighted by molar-refractivity contribution is 7.13. The standard InChI is InChI=1S/C12H15NO4S/c1-8-2-3-9(18-8)11(16)13-12(6-10(14)15)4-5-17-7-12/h2-3H,4-7H2,1H3,(H,13,16)(H,14,15). The van der Waals surface area contributed by atoms with Gasteiger partial charge in [-0.15, -0.1) is 11.3 Å². The highest BCUT2D eigenvalue weighted by Gasteiger charge is 2.38. The number of hydrogen-bond donors (Lipinski definition) is 2. The van der Waals surface area contributed by atoms with Gasteiger partial charge in [0, 0.05) is 11.5 Å². The molecule has 1 amide bonds. The molecule has 1 aromatic rings. The second-order valence-corrected chi connectivity index (χ2v) is 5.81. The van der Waals surface area contributed by atoms with E-state index in [9.17, 15) is 9.59 Å². The largest absolute Gasteiger partial charge is 0.481 e. The minimum atomic E-state index is -0.928. The summed E-state index contributed by atoms with van der Waals surface area (Å²) in [7, 11) is 0. The first-order valence-electron chi connectivity index (χ1n) is 5.69. The molecule has 0 spiro atoms. The number of aliphatic carboxylic acids is 1. The zero-order valence-corrected chi connectivity index (χ0v) is 10.9. The highest BCUT2D eigenvalue weighted by atomic mass is 32.1. The Morgan fingerprint density at radius 1 is 1.56 bits per heavy atom. The SMILES string of the molecule is Cc1ccc(C(=O)NC2(CC(=O)O)CCOC2)s1. The minimum Gasteiger partial charge on any atom is -0.481 e. The van der Waals surface area contributed by atoms with Crippen LogP contribution in [-0.2, 0) is 9.53 Å². The van der Waals surface area contributed by atoms with E-state index in [1.807, 2.05) is 13.0 Å². The van der Waals surface area contributed by atoms with Gasteiger partial charge in [-0.3, -0.25) is 9.59 Å². The fraction of sp³-hybridized carbons (Fsp3) is 0.500. The quantitative estimate of drug-likeness (QED) is 0.866. The molecule has 5 nitrogen and oxygen atoms in total. The zero-order valence-electron chi connectivity index (χ0n) is 10.1. The highest BCUT2D eigenvalue weighted by Crippen LogP contribution is 2.24. The maximum atomic E-state index is 12.1. The van der Waals surface area contributed by atoms with Crippen LogP contribution in [0.1, 0.15) is 27.4 Å². The van der Waals surface area contributed by atoms with E-state index in [2.05, 4.69) is 5.32 Å². The van der Waals surface area contributed by atoms with Gasteiger partial charge in [0.05, 0.1) is 23.4 Å². The van der Waals surface area contributed by atoms with E-state index in [0.717, 1.165) is 4.88 Å². The van der Waals surface area contributed by atoms with Gasteiger partial charge < -0.3 is 15.2 Å². The van der Waals surface area contributed by atoms with E-state index >= 15 is 0 Å². The van der Waals surface area contributed by atoms with Crippen molar-refractivity contribution >= 4 is 23.2 Å². The summed E-state index contributed by atoms with van der Waals surface area (Å²) in [5, 5.41) is 11.7. The second kappa shape index (κ2) is 5.07. The molecule has 1 aromatic heterocycles. The van der Waals surface area contributed by atoms with Crippen molar-refractivity contribution in [3.63, 3.8) is 0 Å². The molecule has 1 atom stereocenters. The maximum Gasteiger partial charge on any atom is 0.305 e. The molecule has 0 aliphatic carbocycles. The molecule has 2 N–H and O–H groups in total. The van der Waals surface area contributed by atoms with Crippen LogP contribution in [0.15, 0.2) is 12.1 Å². The Labute approximate surface area is 109 Å². The minimum absolute atomic E-state index is 0.108. The van der Waals surface area contributed by atoms with Crippen molar-refractivity contribution in [3.05, 3.63) is 21.9 Å². The van der Waals surface area contributed by atoms with Gasteiger partial charge in [-0.05, 0) is 25.5 Å². The lowest BCUT2D eigenvalue weighted by molar-refractivity contribution is -0.138. The van der Waals surface area contributed by atoms with Crippen LogP contribution in [0.5, 0.6) is 0 Å². The van der Waals surface area contributed by atoms with Crippen LogP contribution < -0.4 is 5.32 Å². The number of carbonyl (C=O) groups is 2. The van der Waals surface area contributed by atoms with E-state index in [1.165, 1.54) is 11.3 Å². The Bertz CT molecular complexity index is 462. The van der Waals surface area contributed by atoms with E-state index in [0.29, 0.717) is 17.9 Å². The molecular formula is C12H15NO4S. The molecule has 1 aliphatic heterocycles. The molecule has 1 saturated heterocycles. The molecule has 2 heterocycles. The van der Waals surface area contributed by atoms with Crippen LogP contribution in [0.4, 0.5) is 0 Å². The second-order valence-electron chi connectivity index (χ2n) is 4.52. The van der Waals surface area contributed by atoms with E-state index in [1.54, 1.807) is 6.07 Å². The van der Waals surface area contributed by atoms with Crippen molar-refractivity contribution in [2.75, 3.05) is 13.2 Å². The molecule has 0 saturated carbocycles. The fourth-order valence-corrected chi connectivity index (χ4v) is 2.80. The van der Waals surface area contributed by atoms with Crippen LogP contribution in [0, 0.1) is 6.92 Å². The first-order valence-corrected chi connectivity index (χ1v) is 6.51. The molecule has 0 bridgehead atoms. The Morgan fingerprint density at radius 2 is 2.33 bits per heavy atom. The van der Waals surface area contributed by atoms with E-state index in [-0.39, 0.29) is 18.9 Å². The number of nitrogens with one attached hydrogen (secondary N) is 1. The first-order chi connectivity index (χ1) is 8.51. The third-order valence-electron chi connectivity index (χ3n) is 2.94. The van der Waals surface area contributed by atoms with Crippen LogP contribution in [-0.4, -0.2) is 35.7 Å². The predicted molar refractivity (Wildman–Crippen MR) is 66.9 cm³/mol. The van der Waals surface area contributed by atoms with Crippen LogP contribution in [0.2, 0.25) is 0 Å².